The summed E-state index contributed by atoms with van der Waals surface area (Å²) in [5.41, 5.74) is 1.26. The molecule has 0 aromatic heterocycles. The van der Waals surface area contributed by atoms with Gasteiger partial charge in [0.05, 0.1) is 12.1 Å². The van der Waals surface area contributed by atoms with Gasteiger partial charge in [0, 0.05) is 39.2 Å². The minimum atomic E-state index is -0.323. The Morgan fingerprint density at radius 1 is 1.12 bits per heavy atom. The van der Waals surface area contributed by atoms with Crippen molar-refractivity contribution in [2.24, 2.45) is 0 Å². The van der Waals surface area contributed by atoms with Crippen LogP contribution in [0.4, 0.5) is 4.79 Å². The highest BCUT2D eigenvalue weighted by Gasteiger charge is 2.53. The molecule has 1 aromatic carbocycles. The Kier molecular flexibility index (Phi) is 4.25. The van der Waals surface area contributed by atoms with E-state index in [0.717, 1.165) is 19.5 Å². The van der Waals surface area contributed by atoms with Crippen molar-refractivity contribution in [1.29, 1.82) is 0 Å². The third kappa shape index (κ3) is 2.83. The lowest BCUT2D eigenvalue weighted by Crippen LogP contribution is -2.44. The monoisotopic (exact) mass is 343 g/mol. The van der Waals surface area contributed by atoms with Gasteiger partial charge in [-0.2, -0.15) is 0 Å². The van der Waals surface area contributed by atoms with Crippen molar-refractivity contribution in [2.45, 2.75) is 50.5 Å². The van der Waals surface area contributed by atoms with Crippen molar-refractivity contribution >= 4 is 11.9 Å². The molecule has 6 heteroatoms. The third-order valence-corrected chi connectivity index (χ3v) is 5.85. The van der Waals surface area contributed by atoms with Gasteiger partial charge in [0.25, 0.3) is 5.91 Å². The quantitative estimate of drug-likeness (QED) is 0.781. The Morgan fingerprint density at radius 3 is 2.56 bits per heavy atom. The molecule has 3 fully saturated rings. The van der Waals surface area contributed by atoms with E-state index in [4.69, 9.17) is 4.74 Å². The highest BCUT2D eigenvalue weighted by atomic mass is 16.5. The molecule has 134 valence electrons. The molecule has 0 radical (unpaired) electrons. The molecule has 3 heterocycles. The van der Waals surface area contributed by atoms with Crippen LogP contribution < -0.4 is 0 Å². The number of urea groups is 1. The summed E-state index contributed by atoms with van der Waals surface area (Å²) in [4.78, 5) is 31.2. The number of hydrogen-bond acceptors (Lipinski definition) is 4. The first kappa shape index (κ1) is 16.5. The molecule has 4 atom stereocenters. The summed E-state index contributed by atoms with van der Waals surface area (Å²) in [6, 6.07) is 10.2. The summed E-state index contributed by atoms with van der Waals surface area (Å²) in [5, 5.41) is 0. The summed E-state index contributed by atoms with van der Waals surface area (Å²) >= 11 is 0. The van der Waals surface area contributed by atoms with Crippen LogP contribution >= 0.6 is 0 Å². The number of amides is 3. The zero-order chi connectivity index (χ0) is 17.6. The predicted octanol–water partition coefficient (Wildman–Crippen LogP) is 1.70. The van der Waals surface area contributed by atoms with Crippen molar-refractivity contribution in [3.05, 3.63) is 35.9 Å². The molecule has 0 bridgehead atoms. The predicted molar refractivity (Wildman–Crippen MR) is 92.9 cm³/mol. The summed E-state index contributed by atoms with van der Waals surface area (Å²) in [5.74, 6) is -0.0386. The molecule has 4 rings (SSSR count). The molecule has 1 aromatic rings. The van der Waals surface area contributed by atoms with Crippen molar-refractivity contribution in [2.75, 3.05) is 20.2 Å². The standard InChI is InChI=1S/C19H25N3O3/c1-13-8-15(11-20(13)10-14-6-4-3-5-7-14)22-18(23)17-9-16(25-2)12-21(17)19(22)24/h3-7,13,15-17H,8-12H2,1-2H3/t13-,15+,16-,17-/m1/s1. The van der Waals surface area contributed by atoms with Gasteiger partial charge >= 0.3 is 6.03 Å². The second-order valence-corrected chi connectivity index (χ2v) is 7.41. The Bertz CT molecular complexity index is 641. The number of fused-ring (bicyclic) bond motifs is 1. The Morgan fingerprint density at radius 2 is 1.88 bits per heavy atom. The topological polar surface area (TPSA) is 53.1 Å². The minimum absolute atomic E-state index is 0.0165. The lowest BCUT2D eigenvalue weighted by atomic mass is 10.1. The van der Waals surface area contributed by atoms with E-state index >= 15 is 0 Å². The second kappa shape index (κ2) is 6.42. The van der Waals surface area contributed by atoms with E-state index in [1.807, 2.05) is 18.2 Å². The molecule has 3 amide bonds. The third-order valence-electron chi connectivity index (χ3n) is 5.85. The molecule has 6 nitrogen and oxygen atoms in total. The number of carbonyl (C=O) groups excluding carboxylic acids is 2. The van der Waals surface area contributed by atoms with Crippen molar-refractivity contribution in [3.63, 3.8) is 0 Å². The number of imide groups is 1. The van der Waals surface area contributed by atoms with Crippen molar-refractivity contribution in [3.8, 4) is 0 Å². The van der Waals surface area contributed by atoms with Crippen LogP contribution in [0.3, 0.4) is 0 Å². The number of carbonyl (C=O) groups is 2. The molecule has 0 saturated carbocycles. The maximum atomic E-state index is 12.8. The first-order valence-electron chi connectivity index (χ1n) is 9.03. The Hall–Kier alpha value is -1.92. The van der Waals surface area contributed by atoms with Gasteiger partial charge in [-0.15, -0.1) is 0 Å². The summed E-state index contributed by atoms with van der Waals surface area (Å²) in [7, 11) is 1.64. The number of hydrogen-bond donors (Lipinski definition) is 0. The average Bonchev–Trinajstić information content (AvgIpc) is 3.25. The number of methoxy groups -OCH3 is 1. The van der Waals surface area contributed by atoms with Crippen LogP contribution in [-0.2, 0) is 16.1 Å². The van der Waals surface area contributed by atoms with Crippen molar-refractivity contribution in [1.82, 2.24) is 14.7 Å². The molecule has 0 aliphatic carbocycles. The van der Waals surface area contributed by atoms with Gasteiger partial charge in [0.1, 0.15) is 6.04 Å². The van der Waals surface area contributed by atoms with Crippen LogP contribution in [-0.4, -0.2) is 71.1 Å². The van der Waals surface area contributed by atoms with E-state index in [2.05, 4.69) is 24.0 Å². The van der Waals surface area contributed by atoms with Crippen LogP contribution in [0.25, 0.3) is 0 Å². The SMILES string of the molecule is CO[C@@H]1C[C@@H]2C(=O)N([C@H]3C[C@@H](C)N(Cc4ccccc4)C3)C(=O)N2C1. The molecule has 0 unspecified atom stereocenters. The number of likely N-dealkylation sites (tertiary alicyclic amines) is 1. The fraction of sp³-hybridized carbons (Fsp3) is 0.579. The van der Waals surface area contributed by atoms with Gasteiger partial charge in [-0.05, 0) is 18.9 Å². The lowest BCUT2D eigenvalue weighted by molar-refractivity contribution is -0.129. The van der Waals surface area contributed by atoms with E-state index in [0.29, 0.717) is 19.0 Å². The Labute approximate surface area is 148 Å². The number of benzene rings is 1. The van der Waals surface area contributed by atoms with Gasteiger partial charge in [0.15, 0.2) is 0 Å². The van der Waals surface area contributed by atoms with Gasteiger partial charge in [-0.3, -0.25) is 14.6 Å². The van der Waals surface area contributed by atoms with Crippen LogP contribution in [0.5, 0.6) is 0 Å². The van der Waals surface area contributed by atoms with E-state index in [1.54, 1.807) is 12.0 Å². The van der Waals surface area contributed by atoms with Gasteiger partial charge in [0.2, 0.25) is 0 Å². The second-order valence-electron chi connectivity index (χ2n) is 7.41. The highest BCUT2D eigenvalue weighted by Crippen LogP contribution is 2.33. The first-order chi connectivity index (χ1) is 12.1. The molecule has 3 saturated heterocycles. The van der Waals surface area contributed by atoms with Crippen LogP contribution in [0.1, 0.15) is 25.3 Å². The minimum Gasteiger partial charge on any atom is -0.380 e. The fourth-order valence-electron chi connectivity index (χ4n) is 4.44. The van der Waals surface area contributed by atoms with Gasteiger partial charge in [-0.1, -0.05) is 30.3 Å². The maximum absolute atomic E-state index is 12.8. The largest absolute Gasteiger partial charge is 0.380 e. The number of nitrogens with zero attached hydrogens (tertiary/aromatic N) is 3. The van der Waals surface area contributed by atoms with Gasteiger partial charge < -0.3 is 9.64 Å². The summed E-state index contributed by atoms with van der Waals surface area (Å²) < 4.78 is 5.33. The highest BCUT2D eigenvalue weighted by molar-refractivity contribution is 6.05. The van der Waals surface area contributed by atoms with E-state index in [1.165, 1.54) is 10.5 Å². The van der Waals surface area contributed by atoms with Crippen molar-refractivity contribution < 1.29 is 14.3 Å². The van der Waals surface area contributed by atoms with E-state index in [-0.39, 0.29) is 30.1 Å². The average molecular weight is 343 g/mol. The molecule has 0 spiro atoms. The molecular formula is C19H25N3O3. The number of rotatable bonds is 4. The number of ether oxygens (including phenoxy) is 1. The first-order valence-corrected chi connectivity index (χ1v) is 9.03. The zero-order valence-electron chi connectivity index (χ0n) is 14.8. The van der Waals surface area contributed by atoms with E-state index < -0.39 is 0 Å². The van der Waals surface area contributed by atoms with Crippen LogP contribution in [0.2, 0.25) is 0 Å². The summed E-state index contributed by atoms with van der Waals surface area (Å²) in [6.45, 7) is 4.31. The van der Waals surface area contributed by atoms with Gasteiger partial charge in [-0.25, -0.2) is 4.79 Å². The normalized spacial score (nSPS) is 32.7. The molecular weight excluding hydrogens is 318 g/mol. The Balaban J connectivity index is 1.45. The van der Waals surface area contributed by atoms with Crippen LogP contribution in [0.15, 0.2) is 30.3 Å². The summed E-state index contributed by atoms with van der Waals surface area (Å²) in [6.07, 6.45) is 1.45. The molecule has 3 aliphatic rings. The lowest BCUT2D eigenvalue weighted by Gasteiger charge is -2.24. The molecule has 25 heavy (non-hydrogen) atoms. The fourth-order valence-corrected chi connectivity index (χ4v) is 4.44. The maximum Gasteiger partial charge on any atom is 0.327 e. The van der Waals surface area contributed by atoms with Crippen LogP contribution in [0, 0.1) is 0 Å². The van der Waals surface area contributed by atoms with E-state index in [9.17, 15) is 9.59 Å². The molecule has 0 N–H and O–H groups in total. The molecule has 3 aliphatic heterocycles. The zero-order valence-corrected chi connectivity index (χ0v) is 14.8. The smallest absolute Gasteiger partial charge is 0.327 e.